The Morgan fingerprint density at radius 2 is 1.97 bits per heavy atom. The van der Waals surface area contributed by atoms with Gasteiger partial charge in [0.15, 0.2) is 6.61 Å². The van der Waals surface area contributed by atoms with E-state index in [1.807, 2.05) is 6.07 Å². The number of para-hydroxylation sites is 2. The summed E-state index contributed by atoms with van der Waals surface area (Å²) in [5.41, 5.74) is 0.0444. The lowest BCUT2D eigenvalue weighted by molar-refractivity contribution is -0.385. The Balaban J connectivity index is 1.83. The van der Waals surface area contributed by atoms with Crippen LogP contribution in [0.5, 0.6) is 5.75 Å². The van der Waals surface area contributed by atoms with Crippen LogP contribution in [0, 0.1) is 10.1 Å². The summed E-state index contributed by atoms with van der Waals surface area (Å²) >= 11 is 0. The minimum Gasteiger partial charge on any atom is -0.479 e. The van der Waals surface area contributed by atoms with Crippen LogP contribution in [0.1, 0.15) is 49.4 Å². The normalized spacial score (nSPS) is 14.5. The zero-order valence-corrected chi connectivity index (χ0v) is 17.7. The van der Waals surface area contributed by atoms with Gasteiger partial charge in [-0.25, -0.2) is 9.78 Å². The Morgan fingerprint density at radius 1 is 1.21 bits per heavy atom. The van der Waals surface area contributed by atoms with E-state index in [2.05, 4.69) is 5.10 Å². The molecule has 3 aromatic rings. The highest BCUT2D eigenvalue weighted by molar-refractivity contribution is 5.86. The summed E-state index contributed by atoms with van der Waals surface area (Å²) in [5, 5.41) is 25.1. The number of nitro groups is 1. The fourth-order valence-electron chi connectivity index (χ4n) is 4.08. The molecule has 0 aliphatic heterocycles. The van der Waals surface area contributed by atoms with Gasteiger partial charge in [-0.2, -0.15) is 9.78 Å². The maximum atomic E-state index is 13.3. The Kier molecular flexibility index (Phi) is 6.43. The first-order valence-electron chi connectivity index (χ1n) is 10.6. The van der Waals surface area contributed by atoms with Crippen LogP contribution in [0.4, 0.5) is 5.69 Å². The molecule has 0 bridgehead atoms. The molecule has 1 aromatic heterocycles. The first kappa shape index (κ1) is 22.1. The Morgan fingerprint density at radius 3 is 2.70 bits per heavy atom. The molecule has 170 valence electrons. The van der Waals surface area contributed by atoms with Crippen molar-refractivity contribution in [3.05, 3.63) is 74.3 Å². The number of benzene rings is 2. The third-order valence-electron chi connectivity index (χ3n) is 5.62. The van der Waals surface area contributed by atoms with Gasteiger partial charge < -0.3 is 9.84 Å². The standard InChI is InChI=1S/C23H22N4O6/c28-20(29)14-33-21-16(9-6-12-19(21)27(31)32)13-24-26-22(15-7-2-1-3-8-15)25-18-11-5-4-10-17(18)23(26)30/h4-6,9-13,15H,1-3,7-8,14H2,(H,28,29). The second kappa shape index (κ2) is 9.60. The minimum atomic E-state index is -1.27. The first-order chi connectivity index (χ1) is 16.0. The topological polar surface area (TPSA) is 137 Å². The van der Waals surface area contributed by atoms with E-state index in [1.54, 1.807) is 18.2 Å². The first-order valence-corrected chi connectivity index (χ1v) is 10.6. The summed E-state index contributed by atoms with van der Waals surface area (Å²) in [7, 11) is 0. The number of aliphatic carboxylic acids is 1. The summed E-state index contributed by atoms with van der Waals surface area (Å²) in [6.07, 6.45) is 6.27. The number of carbonyl (C=O) groups is 1. The SMILES string of the molecule is O=C(O)COc1c(C=Nn2c(C3CCCCC3)nc3ccccc3c2=O)cccc1[N+](=O)[O-]. The largest absolute Gasteiger partial charge is 0.479 e. The molecule has 1 N–H and O–H groups in total. The second-order valence-corrected chi connectivity index (χ2v) is 7.82. The molecular formula is C23H22N4O6. The smallest absolute Gasteiger partial charge is 0.341 e. The molecule has 0 amide bonds. The lowest BCUT2D eigenvalue weighted by atomic mass is 9.88. The number of carboxylic acids is 1. The molecule has 0 atom stereocenters. The van der Waals surface area contributed by atoms with Gasteiger partial charge in [0.25, 0.3) is 5.56 Å². The molecule has 10 heteroatoms. The molecule has 0 spiro atoms. The fraction of sp³-hybridized carbons (Fsp3) is 0.304. The average Bonchev–Trinajstić information content (AvgIpc) is 2.82. The second-order valence-electron chi connectivity index (χ2n) is 7.82. The molecule has 1 saturated carbocycles. The number of nitro benzene ring substituents is 1. The maximum absolute atomic E-state index is 13.3. The van der Waals surface area contributed by atoms with E-state index in [4.69, 9.17) is 14.8 Å². The van der Waals surface area contributed by atoms with Crippen molar-refractivity contribution >= 4 is 28.8 Å². The maximum Gasteiger partial charge on any atom is 0.341 e. The van der Waals surface area contributed by atoms with E-state index in [1.165, 1.54) is 29.1 Å². The van der Waals surface area contributed by atoms with Gasteiger partial charge in [0, 0.05) is 17.5 Å². The predicted octanol–water partition coefficient (Wildman–Crippen LogP) is 3.70. The molecular weight excluding hydrogens is 428 g/mol. The van der Waals surface area contributed by atoms with Crippen molar-refractivity contribution in [2.24, 2.45) is 5.10 Å². The van der Waals surface area contributed by atoms with Crippen LogP contribution < -0.4 is 10.3 Å². The zero-order chi connectivity index (χ0) is 23.4. The summed E-state index contributed by atoms with van der Waals surface area (Å²) < 4.78 is 6.44. The van der Waals surface area contributed by atoms with Crippen LogP contribution in [0.3, 0.4) is 0 Å². The molecule has 1 aliphatic rings. The van der Waals surface area contributed by atoms with E-state index in [0.717, 1.165) is 32.1 Å². The summed E-state index contributed by atoms with van der Waals surface area (Å²) in [6, 6.07) is 11.2. The molecule has 1 heterocycles. The van der Waals surface area contributed by atoms with Crippen molar-refractivity contribution in [1.82, 2.24) is 9.66 Å². The quantitative estimate of drug-likeness (QED) is 0.329. The molecule has 10 nitrogen and oxygen atoms in total. The van der Waals surface area contributed by atoms with Crippen LogP contribution in [0.25, 0.3) is 10.9 Å². The Labute approximate surface area is 188 Å². The highest BCUT2D eigenvalue weighted by Crippen LogP contribution is 2.32. The number of hydrogen-bond donors (Lipinski definition) is 1. The van der Waals surface area contributed by atoms with Gasteiger partial charge in [-0.3, -0.25) is 14.9 Å². The number of nitrogens with zero attached hydrogens (tertiary/aromatic N) is 4. The van der Waals surface area contributed by atoms with Crippen LogP contribution in [0.15, 0.2) is 52.4 Å². The molecule has 0 saturated heterocycles. The van der Waals surface area contributed by atoms with Crippen molar-refractivity contribution in [3.8, 4) is 5.75 Å². The summed E-state index contributed by atoms with van der Waals surface area (Å²) in [5.74, 6) is -0.880. The van der Waals surface area contributed by atoms with Gasteiger partial charge in [-0.15, -0.1) is 0 Å². The number of ether oxygens (including phenoxy) is 1. The zero-order valence-electron chi connectivity index (χ0n) is 17.7. The van der Waals surface area contributed by atoms with Crippen molar-refractivity contribution in [2.75, 3.05) is 6.61 Å². The van der Waals surface area contributed by atoms with Gasteiger partial charge in [-0.1, -0.05) is 37.5 Å². The van der Waals surface area contributed by atoms with Gasteiger partial charge in [0.1, 0.15) is 5.82 Å². The number of hydrogen-bond acceptors (Lipinski definition) is 7. The Bertz CT molecular complexity index is 1290. The third kappa shape index (κ3) is 4.74. The monoisotopic (exact) mass is 450 g/mol. The van der Waals surface area contributed by atoms with E-state index in [9.17, 15) is 19.7 Å². The fourth-order valence-corrected chi connectivity index (χ4v) is 4.08. The number of carboxylic acid groups (broad SMARTS) is 1. The van der Waals surface area contributed by atoms with Crippen molar-refractivity contribution in [1.29, 1.82) is 0 Å². The molecule has 1 aliphatic carbocycles. The molecule has 0 radical (unpaired) electrons. The van der Waals surface area contributed by atoms with Gasteiger partial charge in [0.05, 0.1) is 22.0 Å². The van der Waals surface area contributed by atoms with Crippen molar-refractivity contribution in [3.63, 3.8) is 0 Å². The van der Waals surface area contributed by atoms with Crippen molar-refractivity contribution < 1.29 is 19.6 Å². The van der Waals surface area contributed by atoms with E-state index in [0.29, 0.717) is 16.7 Å². The number of rotatable bonds is 7. The van der Waals surface area contributed by atoms with Gasteiger partial charge >= 0.3 is 11.7 Å². The lowest BCUT2D eigenvalue weighted by Crippen LogP contribution is -2.25. The highest BCUT2D eigenvalue weighted by Gasteiger charge is 2.23. The van der Waals surface area contributed by atoms with E-state index in [-0.39, 0.29) is 22.8 Å². The van der Waals surface area contributed by atoms with E-state index < -0.39 is 23.2 Å². The molecule has 4 rings (SSSR count). The average molecular weight is 450 g/mol. The summed E-state index contributed by atoms with van der Waals surface area (Å²) in [6.45, 7) is -0.753. The molecule has 0 unspecified atom stereocenters. The van der Waals surface area contributed by atoms with Gasteiger partial charge in [0.2, 0.25) is 5.75 Å². The van der Waals surface area contributed by atoms with Crippen LogP contribution in [-0.4, -0.2) is 38.5 Å². The number of aromatic nitrogens is 2. The molecule has 1 fully saturated rings. The third-order valence-corrected chi connectivity index (χ3v) is 5.62. The highest BCUT2D eigenvalue weighted by atomic mass is 16.6. The lowest BCUT2D eigenvalue weighted by Gasteiger charge is -2.22. The van der Waals surface area contributed by atoms with E-state index >= 15 is 0 Å². The van der Waals surface area contributed by atoms with Crippen LogP contribution >= 0.6 is 0 Å². The number of fused-ring (bicyclic) bond motifs is 1. The molecule has 2 aromatic carbocycles. The Hall–Kier alpha value is -4.08. The summed E-state index contributed by atoms with van der Waals surface area (Å²) in [4.78, 5) is 39.7. The predicted molar refractivity (Wildman–Crippen MR) is 121 cm³/mol. The van der Waals surface area contributed by atoms with Crippen molar-refractivity contribution in [2.45, 2.75) is 38.0 Å². The van der Waals surface area contributed by atoms with Crippen LogP contribution in [-0.2, 0) is 4.79 Å². The van der Waals surface area contributed by atoms with Crippen LogP contribution in [0.2, 0.25) is 0 Å². The van der Waals surface area contributed by atoms with Gasteiger partial charge in [-0.05, 0) is 31.0 Å². The minimum absolute atomic E-state index is 0.0704. The molecule has 33 heavy (non-hydrogen) atoms.